The van der Waals surface area contributed by atoms with Crippen LogP contribution in [0.25, 0.3) is 0 Å². The van der Waals surface area contributed by atoms with Crippen LogP contribution in [0.5, 0.6) is 0 Å². The van der Waals surface area contributed by atoms with Gasteiger partial charge >= 0.3 is 5.97 Å². The van der Waals surface area contributed by atoms with E-state index in [1.54, 1.807) is 0 Å². The molecule has 2 atom stereocenters. The van der Waals surface area contributed by atoms with Gasteiger partial charge in [0.2, 0.25) is 0 Å². The number of likely N-dealkylation sites (tertiary alicyclic amines) is 1. The lowest BCUT2D eigenvalue weighted by molar-refractivity contribution is -0.141. The van der Waals surface area contributed by atoms with Crippen molar-refractivity contribution in [3.8, 4) is 0 Å². The maximum atomic E-state index is 12.0. The minimum atomic E-state index is -1.12. The van der Waals surface area contributed by atoms with Crippen LogP contribution in [-0.4, -0.2) is 50.7 Å². The van der Waals surface area contributed by atoms with Crippen molar-refractivity contribution >= 4 is 23.5 Å². The van der Waals surface area contributed by atoms with E-state index in [2.05, 4.69) is 4.98 Å². The fraction of sp³-hybridized carbons (Fsp3) is 0.400. The van der Waals surface area contributed by atoms with Gasteiger partial charge in [0.25, 0.3) is 5.91 Å². The molecule has 1 fully saturated rings. The maximum absolute atomic E-state index is 12.0. The number of carbonyl (C=O) groups is 2. The van der Waals surface area contributed by atoms with Gasteiger partial charge in [-0.2, -0.15) is 0 Å². The Hall–Kier alpha value is -1.53. The molecule has 92 valence electrons. The lowest BCUT2D eigenvalue weighted by atomic mass is 10.2. The van der Waals surface area contributed by atoms with Crippen LogP contribution in [0.1, 0.15) is 16.9 Å². The largest absolute Gasteiger partial charge is 0.480 e. The summed E-state index contributed by atoms with van der Waals surface area (Å²) in [6.07, 6.45) is 0.692. The molecule has 0 saturated carbocycles. The lowest BCUT2D eigenvalue weighted by Gasteiger charge is -2.20. The van der Waals surface area contributed by atoms with Gasteiger partial charge in [0, 0.05) is 19.2 Å². The Kier molecular flexibility index (Phi) is 3.08. The molecular formula is C10H11ClN2O4. The highest BCUT2D eigenvalue weighted by Crippen LogP contribution is 2.21. The Labute approximate surface area is 102 Å². The van der Waals surface area contributed by atoms with E-state index in [9.17, 15) is 14.7 Å². The van der Waals surface area contributed by atoms with Crippen molar-refractivity contribution in [1.29, 1.82) is 0 Å². The molecule has 0 spiro atoms. The zero-order valence-corrected chi connectivity index (χ0v) is 9.52. The second kappa shape index (κ2) is 4.38. The molecule has 0 radical (unpaired) electrons. The summed E-state index contributed by atoms with van der Waals surface area (Å²) in [6, 6.07) is 0.438. The Morgan fingerprint density at radius 3 is 2.76 bits per heavy atom. The highest BCUT2D eigenvalue weighted by Gasteiger charge is 2.39. The van der Waals surface area contributed by atoms with Gasteiger partial charge in [-0.25, -0.2) is 4.79 Å². The van der Waals surface area contributed by atoms with Gasteiger partial charge in [-0.3, -0.25) is 4.79 Å². The fourth-order valence-corrected chi connectivity index (χ4v) is 2.08. The van der Waals surface area contributed by atoms with Crippen molar-refractivity contribution in [2.24, 2.45) is 0 Å². The molecule has 1 aliphatic rings. The van der Waals surface area contributed by atoms with Crippen LogP contribution in [0.4, 0.5) is 0 Å². The standard InChI is InChI=1S/C10H11ClN2O4/c11-5-1-7(12-3-5)9(15)13-4-6(14)2-8(13)10(16)17/h1,3,6,8,12,14H,2,4H2,(H,16,17)/t6-,8-/m0/s1. The van der Waals surface area contributed by atoms with E-state index in [1.807, 2.05) is 0 Å². The molecule has 2 rings (SSSR count). The van der Waals surface area contributed by atoms with Crippen LogP contribution in [-0.2, 0) is 4.79 Å². The van der Waals surface area contributed by atoms with E-state index in [4.69, 9.17) is 16.7 Å². The SMILES string of the molecule is O=C(O)[C@@H]1C[C@H](O)CN1C(=O)c1cc(Cl)c[nH]1. The van der Waals surface area contributed by atoms with Crippen LogP contribution in [0, 0.1) is 0 Å². The topological polar surface area (TPSA) is 93.6 Å². The number of β-amino-alcohol motifs (C(OH)–C–C–N with tert-alkyl or cyclic N) is 1. The lowest BCUT2D eigenvalue weighted by Crippen LogP contribution is -2.40. The molecule has 0 bridgehead atoms. The minimum absolute atomic E-state index is 0.0203. The second-order valence-electron chi connectivity index (χ2n) is 3.93. The normalized spacial score (nSPS) is 24.0. The number of aliphatic hydroxyl groups is 1. The molecule has 7 heteroatoms. The summed E-state index contributed by atoms with van der Waals surface area (Å²) < 4.78 is 0. The highest BCUT2D eigenvalue weighted by atomic mass is 35.5. The van der Waals surface area contributed by atoms with E-state index < -0.39 is 24.0 Å². The summed E-state index contributed by atoms with van der Waals surface area (Å²) in [5, 5.41) is 18.8. The number of nitrogens with one attached hydrogen (secondary N) is 1. The molecule has 17 heavy (non-hydrogen) atoms. The zero-order valence-electron chi connectivity index (χ0n) is 8.76. The van der Waals surface area contributed by atoms with Gasteiger partial charge in [-0.05, 0) is 6.07 Å². The van der Waals surface area contributed by atoms with Gasteiger partial charge in [-0.1, -0.05) is 11.6 Å². The van der Waals surface area contributed by atoms with E-state index in [1.165, 1.54) is 12.3 Å². The number of aromatic amines is 1. The van der Waals surface area contributed by atoms with E-state index >= 15 is 0 Å². The van der Waals surface area contributed by atoms with Gasteiger partial charge < -0.3 is 20.1 Å². The molecule has 1 saturated heterocycles. The summed E-state index contributed by atoms with van der Waals surface area (Å²) in [7, 11) is 0. The number of carboxylic acid groups (broad SMARTS) is 1. The third kappa shape index (κ3) is 2.27. The van der Waals surface area contributed by atoms with Crippen LogP contribution >= 0.6 is 11.6 Å². The number of halogens is 1. The first-order chi connectivity index (χ1) is 7.99. The number of carboxylic acids is 1. The van der Waals surface area contributed by atoms with Gasteiger partial charge in [0.05, 0.1) is 11.1 Å². The van der Waals surface area contributed by atoms with E-state index in [0.717, 1.165) is 4.90 Å². The smallest absolute Gasteiger partial charge is 0.326 e. The second-order valence-corrected chi connectivity index (χ2v) is 4.37. The number of carbonyl (C=O) groups excluding carboxylic acids is 1. The van der Waals surface area contributed by atoms with Crippen LogP contribution < -0.4 is 0 Å². The number of aliphatic carboxylic acids is 1. The Morgan fingerprint density at radius 2 is 2.24 bits per heavy atom. The first-order valence-electron chi connectivity index (χ1n) is 5.05. The van der Waals surface area contributed by atoms with E-state index in [0.29, 0.717) is 5.02 Å². The number of aromatic nitrogens is 1. The first-order valence-corrected chi connectivity index (χ1v) is 5.42. The minimum Gasteiger partial charge on any atom is -0.480 e. The molecule has 0 aromatic carbocycles. The summed E-state index contributed by atoms with van der Waals surface area (Å²) >= 11 is 5.67. The number of hydrogen-bond donors (Lipinski definition) is 3. The van der Waals surface area contributed by atoms with Crippen LogP contribution in [0.3, 0.4) is 0 Å². The molecule has 0 unspecified atom stereocenters. The molecule has 1 aliphatic heterocycles. The van der Waals surface area contributed by atoms with Crippen molar-refractivity contribution in [2.45, 2.75) is 18.6 Å². The molecule has 1 aromatic rings. The number of nitrogens with zero attached hydrogens (tertiary/aromatic N) is 1. The average Bonchev–Trinajstić information content (AvgIpc) is 2.83. The molecule has 0 aliphatic carbocycles. The third-order valence-corrected chi connectivity index (χ3v) is 2.92. The number of aliphatic hydroxyl groups excluding tert-OH is 1. The van der Waals surface area contributed by atoms with Crippen molar-refractivity contribution < 1.29 is 19.8 Å². The predicted molar refractivity (Wildman–Crippen MR) is 58.9 cm³/mol. The van der Waals surface area contributed by atoms with Gasteiger partial charge in [-0.15, -0.1) is 0 Å². The average molecular weight is 259 g/mol. The highest BCUT2D eigenvalue weighted by molar-refractivity contribution is 6.31. The number of H-pyrrole nitrogens is 1. The maximum Gasteiger partial charge on any atom is 0.326 e. The monoisotopic (exact) mass is 258 g/mol. The number of hydrogen-bond acceptors (Lipinski definition) is 3. The van der Waals surface area contributed by atoms with Crippen molar-refractivity contribution in [1.82, 2.24) is 9.88 Å². The summed E-state index contributed by atoms with van der Waals surface area (Å²) in [4.78, 5) is 26.7. The molecule has 1 aromatic heterocycles. The van der Waals surface area contributed by atoms with Crippen LogP contribution in [0.15, 0.2) is 12.3 Å². The molecule has 1 amide bonds. The molecule has 3 N–H and O–H groups in total. The third-order valence-electron chi connectivity index (χ3n) is 2.70. The Morgan fingerprint density at radius 1 is 1.53 bits per heavy atom. The molecule has 6 nitrogen and oxygen atoms in total. The number of amides is 1. The first kappa shape index (κ1) is 11.9. The van der Waals surface area contributed by atoms with Crippen LogP contribution in [0.2, 0.25) is 5.02 Å². The quantitative estimate of drug-likeness (QED) is 0.713. The van der Waals surface area contributed by atoms with Crippen molar-refractivity contribution in [3.63, 3.8) is 0 Å². The number of rotatable bonds is 2. The Bertz CT molecular complexity index is 459. The zero-order chi connectivity index (χ0) is 12.6. The van der Waals surface area contributed by atoms with E-state index in [-0.39, 0.29) is 18.7 Å². The fourth-order valence-electron chi connectivity index (χ4n) is 1.92. The van der Waals surface area contributed by atoms with Crippen molar-refractivity contribution in [3.05, 3.63) is 23.0 Å². The Balaban J connectivity index is 2.21. The van der Waals surface area contributed by atoms with Crippen molar-refractivity contribution in [2.75, 3.05) is 6.54 Å². The predicted octanol–water partition coefficient (Wildman–Crippen LogP) is 0.328. The summed E-state index contributed by atoms with van der Waals surface area (Å²) in [5.74, 6) is -1.59. The summed E-state index contributed by atoms with van der Waals surface area (Å²) in [6.45, 7) is 0.0203. The van der Waals surface area contributed by atoms with Gasteiger partial charge in [0.1, 0.15) is 11.7 Å². The molecule has 2 heterocycles. The summed E-state index contributed by atoms with van der Waals surface area (Å²) in [5.41, 5.74) is 0.218. The van der Waals surface area contributed by atoms with Gasteiger partial charge in [0.15, 0.2) is 0 Å². The molecular weight excluding hydrogens is 248 g/mol.